The SMILES string of the molecule is C=C(C)C(=O)OCCCCOC(=O)c1ccccc1-c1c2ccc(=[N+](CC)CC)cc-2oc2cc(N(CC)CC)ccc12. The molecule has 1 heterocycles. The fourth-order valence-corrected chi connectivity index (χ4v) is 5.34. The van der Waals surface area contributed by atoms with Crippen molar-refractivity contribution in [3.63, 3.8) is 0 Å². The van der Waals surface area contributed by atoms with Crippen molar-refractivity contribution >= 4 is 28.6 Å². The van der Waals surface area contributed by atoms with Crippen LogP contribution in [0.5, 0.6) is 0 Å². The average molecular weight is 584 g/mol. The van der Waals surface area contributed by atoms with Gasteiger partial charge in [-0.15, -0.1) is 0 Å². The summed E-state index contributed by atoms with van der Waals surface area (Å²) in [6.45, 7) is 17.8. The van der Waals surface area contributed by atoms with Gasteiger partial charge in [0, 0.05) is 53.0 Å². The highest BCUT2D eigenvalue weighted by molar-refractivity contribution is 6.08. The Morgan fingerprint density at radius 2 is 1.56 bits per heavy atom. The molecule has 2 aromatic rings. The molecular weight excluding hydrogens is 540 g/mol. The van der Waals surface area contributed by atoms with Crippen molar-refractivity contribution in [3.05, 3.63) is 83.7 Å². The van der Waals surface area contributed by atoms with Crippen molar-refractivity contribution in [1.29, 1.82) is 0 Å². The van der Waals surface area contributed by atoms with Crippen molar-refractivity contribution < 1.29 is 23.5 Å². The van der Waals surface area contributed by atoms with E-state index in [4.69, 9.17) is 13.9 Å². The maximum atomic E-state index is 13.4. The maximum Gasteiger partial charge on any atom is 0.338 e. The third-order valence-electron chi connectivity index (χ3n) is 7.72. The average Bonchev–Trinajstić information content (AvgIpc) is 3.02. The molecule has 2 aliphatic rings. The predicted octanol–water partition coefficient (Wildman–Crippen LogP) is 6.92. The van der Waals surface area contributed by atoms with E-state index in [0.29, 0.717) is 24.0 Å². The van der Waals surface area contributed by atoms with Crippen molar-refractivity contribution in [2.75, 3.05) is 44.3 Å². The summed E-state index contributed by atoms with van der Waals surface area (Å²) in [5.41, 5.74) is 5.37. The Labute approximate surface area is 254 Å². The van der Waals surface area contributed by atoms with Crippen molar-refractivity contribution in [1.82, 2.24) is 4.58 Å². The molecule has 0 bridgehead atoms. The predicted molar refractivity (Wildman–Crippen MR) is 173 cm³/mol. The van der Waals surface area contributed by atoms with Gasteiger partial charge in [-0.3, -0.25) is 0 Å². The smallest absolute Gasteiger partial charge is 0.338 e. The Hall–Kier alpha value is -4.39. The largest absolute Gasteiger partial charge is 0.462 e. The summed E-state index contributed by atoms with van der Waals surface area (Å²) >= 11 is 0. The van der Waals surface area contributed by atoms with E-state index >= 15 is 0 Å². The molecule has 2 aromatic carbocycles. The van der Waals surface area contributed by atoms with Gasteiger partial charge in [-0.2, -0.15) is 0 Å². The quantitative estimate of drug-likeness (QED) is 0.0560. The summed E-state index contributed by atoms with van der Waals surface area (Å²) < 4.78 is 19.7. The first-order chi connectivity index (χ1) is 20.8. The van der Waals surface area contributed by atoms with E-state index in [1.807, 2.05) is 24.3 Å². The van der Waals surface area contributed by atoms with Crippen LogP contribution >= 0.6 is 0 Å². The molecule has 0 fully saturated rings. The van der Waals surface area contributed by atoms with Gasteiger partial charge < -0.3 is 18.8 Å². The minimum Gasteiger partial charge on any atom is -0.462 e. The van der Waals surface area contributed by atoms with E-state index in [9.17, 15) is 9.59 Å². The number of hydrogen-bond donors (Lipinski definition) is 0. The Morgan fingerprint density at radius 1 is 0.860 bits per heavy atom. The zero-order valence-corrected chi connectivity index (χ0v) is 26.1. The molecule has 0 spiro atoms. The van der Waals surface area contributed by atoms with E-state index in [1.54, 1.807) is 6.92 Å². The van der Waals surface area contributed by atoms with Crippen LogP contribution in [0.3, 0.4) is 0 Å². The summed E-state index contributed by atoms with van der Waals surface area (Å²) in [7, 11) is 0. The summed E-state index contributed by atoms with van der Waals surface area (Å²) in [5.74, 6) is -0.0411. The van der Waals surface area contributed by atoms with Crippen LogP contribution in [0.1, 0.15) is 57.8 Å². The number of fused-ring (bicyclic) bond motifs is 2. The number of carbonyl (C=O) groups is 2. The number of anilines is 1. The molecule has 0 amide bonds. The lowest BCUT2D eigenvalue weighted by Gasteiger charge is -2.22. The van der Waals surface area contributed by atoms with Crippen LogP contribution in [0, 0.1) is 0 Å². The first-order valence-corrected chi connectivity index (χ1v) is 15.2. The minimum absolute atomic E-state index is 0.226. The van der Waals surface area contributed by atoms with E-state index in [0.717, 1.165) is 70.6 Å². The Bertz CT molecular complexity index is 1640. The van der Waals surface area contributed by atoms with E-state index in [-0.39, 0.29) is 13.2 Å². The molecule has 43 heavy (non-hydrogen) atoms. The molecule has 1 aliphatic heterocycles. The van der Waals surface area contributed by atoms with Gasteiger partial charge in [0.05, 0.1) is 24.8 Å². The summed E-state index contributed by atoms with van der Waals surface area (Å²) in [4.78, 5) is 27.3. The van der Waals surface area contributed by atoms with Crippen LogP contribution in [0.15, 0.2) is 77.2 Å². The van der Waals surface area contributed by atoms with Gasteiger partial charge in [0.1, 0.15) is 24.4 Å². The normalized spacial score (nSPS) is 11.0. The van der Waals surface area contributed by atoms with Crippen LogP contribution in [-0.4, -0.2) is 51.3 Å². The van der Waals surface area contributed by atoms with E-state index < -0.39 is 11.9 Å². The fraction of sp³-hybridized carbons (Fsp3) is 0.361. The fourth-order valence-electron chi connectivity index (χ4n) is 5.34. The minimum atomic E-state index is -0.409. The number of benzene rings is 3. The van der Waals surface area contributed by atoms with E-state index in [1.165, 1.54) is 0 Å². The van der Waals surface area contributed by atoms with Gasteiger partial charge in [0.25, 0.3) is 0 Å². The van der Waals surface area contributed by atoms with Crippen molar-refractivity contribution in [3.8, 4) is 22.5 Å². The molecule has 0 radical (unpaired) electrons. The number of rotatable bonds is 13. The second-order valence-corrected chi connectivity index (χ2v) is 10.5. The van der Waals surface area contributed by atoms with Gasteiger partial charge >= 0.3 is 11.9 Å². The molecule has 0 N–H and O–H groups in total. The molecule has 4 rings (SSSR count). The summed E-state index contributed by atoms with van der Waals surface area (Å²) in [6, 6.07) is 20.2. The molecule has 0 saturated carbocycles. The molecule has 0 aromatic heterocycles. The number of esters is 2. The lowest BCUT2D eigenvalue weighted by molar-refractivity contribution is -0.139. The van der Waals surface area contributed by atoms with Crippen molar-refractivity contribution in [2.45, 2.75) is 47.5 Å². The summed E-state index contributed by atoms with van der Waals surface area (Å²) in [6.07, 6.45) is 1.17. The van der Waals surface area contributed by atoms with Crippen LogP contribution in [-0.2, 0) is 14.3 Å². The standard InChI is InChI=1S/C36H43N2O5/c1-7-37(8-2)26-17-19-30-32(23-26)43-33-24-27(38(9-3)10-4)18-20-31(33)34(30)28-15-11-12-16-29(28)36(40)42-22-14-13-21-41-35(39)25(5)6/h11-12,15-20,23-24H,5,7-10,13-14,21-22H2,1-4,6H3/q+1. The van der Waals surface area contributed by atoms with Gasteiger partial charge in [0.2, 0.25) is 5.36 Å². The van der Waals surface area contributed by atoms with Gasteiger partial charge in [-0.1, -0.05) is 24.8 Å². The highest BCUT2D eigenvalue weighted by atomic mass is 16.5. The molecule has 0 atom stereocenters. The molecule has 0 unspecified atom stereocenters. The number of ether oxygens (including phenoxy) is 2. The third-order valence-corrected chi connectivity index (χ3v) is 7.72. The molecule has 0 saturated heterocycles. The monoisotopic (exact) mass is 583 g/mol. The highest BCUT2D eigenvalue weighted by Crippen LogP contribution is 2.42. The van der Waals surface area contributed by atoms with Crippen LogP contribution < -0.4 is 14.8 Å². The molecule has 226 valence electrons. The van der Waals surface area contributed by atoms with Crippen LogP contribution in [0.4, 0.5) is 5.69 Å². The number of nitrogens with zero attached hydrogens (tertiary/aromatic N) is 2. The molecular formula is C36H43N2O5+. The third kappa shape index (κ3) is 7.16. The molecule has 7 nitrogen and oxygen atoms in total. The highest BCUT2D eigenvalue weighted by Gasteiger charge is 2.23. The topological polar surface area (TPSA) is 72.0 Å². The van der Waals surface area contributed by atoms with Crippen LogP contribution in [0.25, 0.3) is 33.4 Å². The lowest BCUT2D eigenvalue weighted by atomic mass is 9.90. The van der Waals surface area contributed by atoms with Crippen LogP contribution in [0.2, 0.25) is 0 Å². The second kappa shape index (κ2) is 14.7. The maximum absolute atomic E-state index is 13.4. The zero-order valence-electron chi connectivity index (χ0n) is 26.1. The Morgan fingerprint density at radius 3 is 2.23 bits per heavy atom. The first-order valence-electron chi connectivity index (χ1n) is 15.2. The van der Waals surface area contributed by atoms with Crippen molar-refractivity contribution in [2.24, 2.45) is 0 Å². The second-order valence-electron chi connectivity index (χ2n) is 10.5. The van der Waals surface area contributed by atoms with E-state index in [2.05, 4.69) is 80.1 Å². The zero-order chi connectivity index (χ0) is 30.9. The number of unbranched alkanes of at least 4 members (excludes halogenated alkanes) is 1. The molecule has 7 heteroatoms. The lowest BCUT2D eigenvalue weighted by Crippen LogP contribution is -2.29. The summed E-state index contributed by atoms with van der Waals surface area (Å²) in [5, 5.41) is 2.02. The number of hydrogen-bond acceptors (Lipinski definition) is 6. The number of carbonyl (C=O) groups excluding carboxylic acids is 2. The Kier molecular flexibility index (Phi) is 10.8. The van der Waals surface area contributed by atoms with Gasteiger partial charge in [0.15, 0.2) is 0 Å². The first kappa shape index (κ1) is 31.5. The Balaban J connectivity index is 1.76. The molecule has 1 aliphatic carbocycles. The van der Waals surface area contributed by atoms with Gasteiger partial charge in [-0.25, -0.2) is 14.2 Å². The van der Waals surface area contributed by atoms with Gasteiger partial charge in [-0.05, 0) is 77.3 Å².